The molecule has 0 saturated heterocycles. The number of rotatable bonds is 3. The standard InChI is InChI=1S/C15H9BrClNO2/c1-9(19)12-4-2-10(8-18)6-15(12)20-14-5-3-11(16)7-13(14)17/h2-7H,1H3. The maximum absolute atomic E-state index is 11.6. The van der Waals surface area contributed by atoms with Gasteiger partial charge in [-0.05, 0) is 43.3 Å². The Morgan fingerprint density at radius 2 is 2.00 bits per heavy atom. The predicted octanol–water partition coefficient (Wildman–Crippen LogP) is 4.97. The van der Waals surface area contributed by atoms with Crippen LogP contribution in [0.2, 0.25) is 5.02 Å². The summed E-state index contributed by atoms with van der Waals surface area (Å²) in [6.45, 7) is 1.44. The Morgan fingerprint density at radius 1 is 1.25 bits per heavy atom. The van der Waals surface area contributed by atoms with Crippen molar-refractivity contribution in [3.8, 4) is 17.6 Å². The third-order valence-electron chi connectivity index (χ3n) is 2.60. The number of hydrogen-bond donors (Lipinski definition) is 0. The molecule has 0 radical (unpaired) electrons. The van der Waals surface area contributed by atoms with E-state index in [4.69, 9.17) is 21.6 Å². The Morgan fingerprint density at radius 3 is 2.60 bits per heavy atom. The molecule has 0 amide bonds. The number of Topliss-reactive ketones (excluding diaryl/α,β-unsaturated/α-hetero) is 1. The van der Waals surface area contributed by atoms with Gasteiger partial charge in [0.1, 0.15) is 11.5 Å². The minimum atomic E-state index is -0.141. The predicted molar refractivity (Wildman–Crippen MR) is 80.4 cm³/mol. The fourth-order valence-electron chi connectivity index (χ4n) is 1.64. The number of hydrogen-bond acceptors (Lipinski definition) is 3. The molecule has 0 bridgehead atoms. The second-order valence-corrected chi connectivity index (χ2v) is 5.38. The van der Waals surface area contributed by atoms with Crippen molar-refractivity contribution in [3.05, 3.63) is 57.0 Å². The summed E-state index contributed by atoms with van der Waals surface area (Å²) >= 11 is 9.39. The molecule has 5 heteroatoms. The SMILES string of the molecule is CC(=O)c1ccc(C#N)cc1Oc1ccc(Br)cc1Cl. The molecule has 0 fully saturated rings. The van der Waals surface area contributed by atoms with E-state index in [2.05, 4.69) is 15.9 Å². The van der Waals surface area contributed by atoms with Gasteiger partial charge in [0.25, 0.3) is 0 Å². The molecule has 0 aromatic heterocycles. The van der Waals surface area contributed by atoms with Crippen molar-refractivity contribution in [1.82, 2.24) is 0 Å². The summed E-state index contributed by atoms with van der Waals surface area (Å²) in [6, 6.07) is 11.8. The first-order chi connectivity index (χ1) is 9.51. The minimum Gasteiger partial charge on any atom is -0.455 e. The van der Waals surface area contributed by atoms with Crippen LogP contribution in [-0.4, -0.2) is 5.78 Å². The number of ketones is 1. The highest BCUT2D eigenvalue weighted by molar-refractivity contribution is 9.10. The van der Waals surface area contributed by atoms with Gasteiger partial charge in [0.15, 0.2) is 5.78 Å². The van der Waals surface area contributed by atoms with Crippen LogP contribution in [0, 0.1) is 11.3 Å². The molecule has 2 aromatic rings. The molecule has 0 aliphatic carbocycles. The van der Waals surface area contributed by atoms with Crippen LogP contribution in [0.5, 0.6) is 11.5 Å². The average molecular weight is 351 g/mol. The highest BCUT2D eigenvalue weighted by Gasteiger charge is 2.12. The number of ether oxygens (including phenoxy) is 1. The third-order valence-corrected chi connectivity index (χ3v) is 3.39. The highest BCUT2D eigenvalue weighted by Crippen LogP contribution is 2.33. The zero-order valence-corrected chi connectivity index (χ0v) is 12.8. The van der Waals surface area contributed by atoms with Gasteiger partial charge in [-0.3, -0.25) is 4.79 Å². The Hall–Kier alpha value is -1.83. The van der Waals surface area contributed by atoms with E-state index in [1.165, 1.54) is 13.0 Å². The maximum atomic E-state index is 11.6. The Labute approximate surface area is 129 Å². The molecule has 0 aliphatic heterocycles. The molecule has 0 unspecified atom stereocenters. The lowest BCUT2D eigenvalue weighted by Gasteiger charge is -2.11. The number of benzene rings is 2. The van der Waals surface area contributed by atoms with E-state index >= 15 is 0 Å². The lowest BCUT2D eigenvalue weighted by atomic mass is 10.1. The van der Waals surface area contributed by atoms with Gasteiger partial charge in [0, 0.05) is 4.47 Å². The van der Waals surface area contributed by atoms with Crippen molar-refractivity contribution in [2.75, 3.05) is 0 Å². The van der Waals surface area contributed by atoms with Crippen molar-refractivity contribution in [1.29, 1.82) is 5.26 Å². The van der Waals surface area contributed by atoms with Gasteiger partial charge in [-0.2, -0.15) is 5.26 Å². The van der Waals surface area contributed by atoms with Gasteiger partial charge in [0.05, 0.1) is 22.2 Å². The summed E-state index contributed by atoms with van der Waals surface area (Å²) in [6.07, 6.45) is 0. The lowest BCUT2D eigenvalue weighted by molar-refractivity contribution is 0.101. The fraction of sp³-hybridized carbons (Fsp3) is 0.0667. The molecule has 0 saturated carbocycles. The Kier molecular flexibility index (Phi) is 4.43. The van der Waals surface area contributed by atoms with Crippen LogP contribution in [0.4, 0.5) is 0 Å². The number of halogens is 2. The van der Waals surface area contributed by atoms with Crippen LogP contribution < -0.4 is 4.74 Å². The van der Waals surface area contributed by atoms with E-state index in [0.29, 0.717) is 27.6 Å². The molecular formula is C15H9BrClNO2. The van der Waals surface area contributed by atoms with Crippen LogP contribution >= 0.6 is 27.5 Å². The monoisotopic (exact) mass is 349 g/mol. The van der Waals surface area contributed by atoms with Gasteiger partial charge in [-0.1, -0.05) is 27.5 Å². The number of nitrogens with zero attached hydrogens (tertiary/aromatic N) is 1. The van der Waals surface area contributed by atoms with Crippen LogP contribution in [0.15, 0.2) is 40.9 Å². The summed E-state index contributed by atoms with van der Waals surface area (Å²) in [5.41, 5.74) is 0.821. The first kappa shape index (κ1) is 14.6. The highest BCUT2D eigenvalue weighted by atomic mass is 79.9. The summed E-state index contributed by atoms with van der Waals surface area (Å²) in [5, 5.41) is 9.34. The number of carbonyl (C=O) groups excluding carboxylic acids is 1. The smallest absolute Gasteiger partial charge is 0.163 e. The first-order valence-electron chi connectivity index (χ1n) is 5.69. The third kappa shape index (κ3) is 3.19. The van der Waals surface area contributed by atoms with Crippen LogP contribution in [0.3, 0.4) is 0 Å². The molecule has 2 aromatic carbocycles. The van der Waals surface area contributed by atoms with Crippen LogP contribution in [0.25, 0.3) is 0 Å². The summed E-state index contributed by atoms with van der Waals surface area (Å²) < 4.78 is 6.50. The maximum Gasteiger partial charge on any atom is 0.163 e. The van der Waals surface area contributed by atoms with E-state index in [0.717, 1.165) is 4.47 Å². The van der Waals surface area contributed by atoms with Gasteiger partial charge in [0.2, 0.25) is 0 Å². The first-order valence-corrected chi connectivity index (χ1v) is 6.86. The van der Waals surface area contributed by atoms with Gasteiger partial charge >= 0.3 is 0 Å². The van der Waals surface area contributed by atoms with Crippen molar-refractivity contribution < 1.29 is 9.53 Å². The molecule has 3 nitrogen and oxygen atoms in total. The van der Waals surface area contributed by atoms with Crippen LogP contribution in [0.1, 0.15) is 22.8 Å². The van der Waals surface area contributed by atoms with E-state index < -0.39 is 0 Å². The normalized spacial score (nSPS) is 9.90. The fourth-order valence-corrected chi connectivity index (χ4v) is 2.36. The molecule has 0 heterocycles. The van der Waals surface area contributed by atoms with Gasteiger partial charge in [-0.15, -0.1) is 0 Å². The molecular weight excluding hydrogens is 342 g/mol. The van der Waals surface area contributed by atoms with E-state index in [9.17, 15) is 4.79 Å². The molecule has 100 valence electrons. The largest absolute Gasteiger partial charge is 0.455 e. The number of carbonyl (C=O) groups is 1. The van der Waals surface area contributed by atoms with E-state index in [-0.39, 0.29) is 5.78 Å². The lowest BCUT2D eigenvalue weighted by Crippen LogP contribution is -1.98. The van der Waals surface area contributed by atoms with Crippen molar-refractivity contribution in [2.45, 2.75) is 6.92 Å². The van der Waals surface area contributed by atoms with E-state index in [1.54, 1.807) is 30.3 Å². The quantitative estimate of drug-likeness (QED) is 0.734. The molecule has 0 N–H and O–H groups in total. The second kappa shape index (κ2) is 6.08. The van der Waals surface area contributed by atoms with Gasteiger partial charge in [-0.25, -0.2) is 0 Å². The van der Waals surface area contributed by atoms with E-state index in [1.807, 2.05) is 6.07 Å². The zero-order valence-electron chi connectivity index (χ0n) is 10.5. The summed E-state index contributed by atoms with van der Waals surface area (Å²) in [5.74, 6) is 0.603. The van der Waals surface area contributed by atoms with Gasteiger partial charge < -0.3 is 4.74 Å². The Balaban J connectivity index is 2.46. The topological polar surface area (TPSA) is 50.1 Å². The van der Waals surface area contributed by atoms with Crippen molar-refractivity contribution in [2.24, 2.45) is 0 Å². The summed E-state index contributed by atoms with van der Waals surface area (Å²) in [4.78, 5) is 11.6. The van der Waals surface area contributed by atoms with Crippen molar-refractivity contribution >= 4 is 33.3 Å². The minimum absolute atomic E-state index is 0.141. The molecule has 20 heavy (non-hydrogen) atoms. The Bertz CT molecular complexity index is 722. The average Bonchev–Trinajstić information content (AvgIpc) is 2.41. The molecule has 0 atom stereocenters. The van der Waals surface area contributed by atoms with Crippen LogP contribution in [-0.2, 0) is 0 Å². The zero-order chi connectivity index (χ0) is 14.7. The number of nitriles is 1. The molecule has 0 aliphatic rings. The summed E-state index contributed by atoms with van der Waals surface area (Å²) in [7, 11) is 0. The van der Waals surface area contributed by atoms with Crippen molar-refractivity contribution in [3.63, 3.8) is 0 Å². The second-order valence-electron chi connectivity index (χ2n) is 4.06. The molecule has 2 rings (SSSR count). The molecule has 0 spiro atoms.